The van der Waals surface area contributed by atoms with Crippen LogP contribution < -0.4 is 9.54 Å². The standard InChI is InChI=1S/C18H16BrFN2O3S/c1-24-9-8-22-15-7-2-12(19)10-16(15)26-18(22)21-17(23)11-25-14-5-3-13(20)4-6-14/h2-7,10H,8-9,11H2,1H3. The van der Waals surface area contributed by atoms with Crippen molar-refractivity contribution in [1.29, 1.82) is 0 Å². The number of nitrogens with zero attached hydrogens (tertiary/aromatic N) is 2. The average Bonchev–Trinajstić information content (AvgIpc) is 2.95. The molecule has 1 heterocycles. The number of rotatable bonds is 6. The molecule has 1 amide bonds. The summed E-state index contributed by atoms with van der Waals surface area (Å²) in [7, 11) is 1.63. The van der Waals surface area contributed by atoms with Crippen molar-refractivity contribution in [1.82, 2.24) is 4.57 Å². The number of methoxy groups -OCH3 is 1. The number of benzene rings is 2. The number of ether oxygens (including phenoxy) is 2. The molecule has 0 unspecified atom stereocenters. The van der Waals surface area contributed by atoms with Crippen molar-refractivity contribution in [2.45, 2.75) is 6.54 Å². The number of fused-ring (bicyclic) bond motifs is 1. The Morgan fingerprint density at radius 2 is 2.04 bits per heavy atom. The predicted octanol–water partition coefficient (Wildman–Crippen LogP) is 3.76. The minimum atomic E-state index is -0.411. The highest BCUT2D eigenvalue weighted by atomic mass is 79.9. The van der Waals surface area contributed by atoms with Crippen LogP contribution in [-0.2, 0) is 16.1 Å². The van der Waals surface area contributed by atoms with Crippen LogP contribution in [0.25, 0.3) is 10.2 Å². The summed E-state index contributed by atoms with van der Waals surface area (Å²) in [6, 6.07) is 11.4. The minimum Gasteiger partial charge on any atom is -0.484 e. The molecular formula is C18H16BrFN2O3S. The van der Waals surface area contributed by atoms with Crippen LogP contribution >= 0.6 is 27.3 Å². The third kappa shape index (κ3) is 4.57. The van der Waals surface area contributed by atoms with Crippen molar-refractivity contribution < 1.29 is 18.7 Å². The number of aromatic nitrogens is 1. The van der Waals surface area contributed by atoms with Crippen molar-refractivity contribution >= 4 is 43.4 Å². The molecule has 0 atom stereocenters. The van der Waals surface area contributed by atoms with Gasteiger partial charge in [-0.2, -0.15) is 4.99 Å². The van der Waals surface area contributed by atoms with Crippen molar-refractivity contribution in [3.63, 3.8) is 0 Å². The van der Waals surface area contributed by atoms with E-state index in [-0.39, 0.29) is 12.4 Å². The third-order valence-corrected chi connectivity index (χ3v) is 5.09. The van der Waals surface area contributed by atoms with E-state index in [9.17, 15) is 9.18 Å². The van der Waals surface area contributed by atoms with Crippen LogP contribution in [0.15, 0.2) is 51.9 Å². The third-order valence-electron chi connectivity index (χ3n) is 3.56. The van der Waals surface area contributed by atoms with Crippen LogP contribution in [0.2, 0.25) is 0 Å². The summed E-state index contributed by atoms with van der Waals surface area (Å²) in [5, 5.41) is 0. The number of hydrogen-bond donors (Lipinski definition) is 0. The first-order chi connectivity index (χ1) is 12.6. The summed E-state index contributed by atoms with van der Waals surface area (Å²) in [5.74, 6) is -0.349. The van der Waals surface area contributed by atoms with Gasteiger partial charge in [-0.15, -0.1) is 0 Å². The second-order valence-electron chi connectivity index (χ2n) is 5.39. The summed E-state index contributed by atoms with van der Waals surface area (Å²) in [6.45, 7) is 0.881. The lowest BCUT2D eigenvalue weighted by atomic mass is 10.3. The van der Waals surface area contributed by atoms with Gasteiger partial charge in [0.1, 0.15) is 11.6 Å². The molecule has 0 fully saturated rings. The fourth-order valence-corrected chi connectivity index (χ4v) is 3.97. The quantitative estimate of drug-likeness (QED) is 0.588. The van der Waals surface area contributed by atoms with E-state index in [2.05, 4.69) is 20.9 Å². The van der Waals surface area contributed by atoms with Gasteiger partial charge in [0, 0.05) is 18.1 Å². The minimum absolute atomic E-state index is 0.214. The highest BCUT2D eigenvalue weighted by molar-refractivity contribution is 9.10. The van der Waals surface area contributed by atoms with Gasteiger partial charge in [0.15, 0.2) is 11.4 Å². The maximum atomic E-state index is 12.9. The highest BCUT2D eigenvalue weighted by Crippen LogP contribution is 2.22. The van der Waals surface area contributed by atoms with Crippen LogP contribution in [0.4, 0.5) is 4.39 Å². The number of thiazole rings is 1. The zero-order valence-corrected chi connectivity index (χ0v) is 16.3. The Kier molecular flexibility index (Phi) is 6.18. The molecule has 2 aromatic carbocycles. The molecule has 26 heavy (non-hydrogen) atoms. The van der Waals surface area contributed by atoms with Crippen LogP contribution in [-0.4, -0.2) is 30.8 Å². The Morgan fingerprint density at radius 3 is 2.77 bits per heavy atom. The van der Waals surface area contributed by atoms with E-state index in [1.54, 1.807) is 7.11 Å². The van der Waals surface area contributed by atoms with Crippen LogP contribution in [0, 0.1) is 5.82 Å². The molecule has 0 aliphatic heterocycles. The largest absolute Gasteiger partial charge is 0.484 e. The smallest absolute Gasteiger partial charge is 0.286 e. The van der Waals surface area contributed by atoms with E-state index in [0.29, 0.717) is 23.7 Å². The van der Waals surface area contributed by atoms with Crippen LogP contribution in [0.1, 0.15) is 0 Å². The van der Waals surface area contributed by atoms with Gasteiger partial charge in [-0.1, -0.05) is 27.3 Å². The lowest BCUT2D eigenvalue weighted by molar-refractivity contribution is -0.120. The second kappa shape index (κ2) is 8.57. The van der Waals surface area contributed by atoms with Gasteiger partial charge in [0.2, 0.25) is 0 Å². The molecule has 1 aromatic heterocycles. The van der Waals surface area contributed by atoms with Crippen molar-refractivity contribution in [3.8, 4) is 5.75 Å². The maximum Gasteiger partial charge on any atom is 0.286 e. The van der Waals surface area contributed by atoms with E-state index in [1.807, 2.05) is 22.8 Å². The lowest BCUT2D eigenvalue weighted by Gasteiger charge is -2.05. The van der Waals surface area contributed by atoms with E-state index in [4.69, 9.17) is 9.47 Å². The fourth-order valence-electron chi connectivity index (χ4n) is 2.35. The molecule has 0 saturated carbocycles. The second-order valence-corrected chi connectivity index (χ2v) is 7.31. The van der Waals surface area contributed by atoms with Crippen LogP contribution in [0.5, 0.6) is 5.75 Å². The first kappa shape index (κ1) is 18.8. The Balaban J connectivity index is 1.84. The molecule has 0 radical (unpaired) electrons. The summed E-state index contributed by atoms with van der Waals surface area (Å²) < 4.78 is 27.3. The van der Waals surface area contributed by atoms with Gasteiger partial charge < -0.3 is 14.0 Å². The van der Waals surface area contributed by atoms with Crippen molar-refractivity contribution in [2.24, 2.45) is 4.99 Å². The van der Waals surface area contributed by atoms with Gasteiger partial charge in [0.05, 0.1) is 16.8 Å². The lowest BCUT2D eigenvalue weighted by Crippen LogP contribution is -2.21. The zero-order chi connectivity index (χ0) is 18.5. The van der Waals surface area contributed by atoms with E-state index >= 15 is 0 Å². The molecule has 0 N–H and O–H groups in total. The van der Waals surface area contributed by atoms with Gasteiger partial charge >= 0.3 is 0 Å². The summed E-state index contributed by atoms with van der Waals surface area (Å²) in [4.78, 5) is 17.0. The number of carbonyl (C=O) groups excluding carboxylic acids is 1. The summed E-state index contributed by atoms with van der Waals surface area (Å²) >= 11 is 4.88. The predicted molar refractivity (Wildman–Crippen MR) is 102 cm³/mol. The number of hydrogen-bond acceptors (Lipinski definition) is 4. The summed E-state index contributed by atoms with van der Waals surface area (Å²) in [6.07, 6.45) is 0. The molecule has 8 heteroatoms. The van der Waals surface area contributed by atoms with E-state index in [0.717, 1.165) is 14.7 Å². The first-order valence-corrected chi connectivity index (χ1v) is 9.41. The molecule has 3 aromatic rings. The molecule has 0 spiro atoms. The molecule has 0 aliphatic rings. The SMILES string of the molecule is COCCn1c(=NC(=O)COc2ccc(F)cc2)sc2cc(Br)ccc21. The fraction of sp³-hybridized carbons (Fsp3) is 0.222. The van der Waals surface area contributed by atoms with Gasteiger partial charge in [-0.3, -0.25) is 4.79 Å². The van der Waals surface area contributed by atoms with Crippen LogP contribution in [0.3, 0.4) is 0 Å². The Hall–Kier alpha value is -2.03. The van der Waals surface area contributed by atoms with Crippen molar-refractivity contribution in [2.75, 3.05) is 20.3 Å². The molecule has 0 saturated heterocycles. The zero-order valence-electron chi connectivity index (χ0n) is 13.9. The van der Waals surface area contributed by atoms with Gasteiger partial charge in [-0.05, 0) is 42.5 Å². The Labute approximate surface area is 161 Å². The van der Waals surface area contributed by atoms with Gasteiger partial charge in [-0.25, -0.2) is 4.39 Å². The first-order valence-electron chi connectivity index (χ1n) is 7.80. The molecule has 3 rings (SSSR count). The van der Waals surface area contributed by atoms with E-state index in [1.165, 1.54) is 35.6 Å². The van der Waals surface area contributed by atoms with Crippen molar-refractivity contribution in [3.05, 3.63) is 57.6 Å². The number of amides is 1. The summed E-state index contributed by atoms with van der Waals surface area (Å²) in [5.41, 5.74) is 0.987. The normalized spacial score (nSPS) is 11.9. The number of halogens is 2. The molecule has 5 nitrogen and oxygen atoms in total. The number of carbonyl (C=O) groups is 1. The average molecular weight is 439 g/mol. The molecule has 0 aliphatic carbocycles. The van der Waals surface area contributed by atoms with Gasteiger partial charge in [0.25, 0.3) is 5.91 Å². The molecule has 0 bridgehead atoms. The maximum absolute atomic E-state index is 12.9. The highest BCUT2D eigenvalue weighted by Gasteiger charge is 2.09. The monoisotopic (exact) mass is 438 g/mol. The molecular weight excluding hydrogens is 423 g/mol. The topological polar surface area (TPSA) is 52.8 Å². The molecule has 136 valence electrons. The Bertz CT molecular complexity index is 982. The van der Waals surface area contributed by atoms with E-state index < -0.39 is 5.91 Å². The Morgan fingerprint density at radius 1 is 1.27 bits per heavy atom.